The highest BCUT2D eigenvalue weighted by Crippen LogP contribution is 2.25. The number of methoxy groups -OCH3 is 1. The number of ether oxygens (including phenoxy) is 1. The van der Waals surface area contributed by atoms with E-state index in [1.54, 1.807) is 0 Å². The summed E-state index contributed by atoms with van der Waals surface area (Å²) in [7, 11) is 1.26. The van der Waals surface area contributed by atoms with Crippen LogP contribution in [0.2, 0.25) is 0 Å². The maximum absolute atomic E-state index is 12.8. The molecular weight excluding hydrogens is 372 g/mol. The lowest BCUT2D eigenvalue weighted by molar-refractivity contribution is 0.192. The van der Waals surface area contributed by atoms with Crippen LogP contribution in [0.5, 0.6) is 0 Å². The van der Waals surface area contributed by atoms with Crippen LogP contribution in [0, 0.1) is 5.41 Å². The maximum Gasteiger partial charge on any atom is 0.356 e. The van der Waals surface area contributed by atoms with Crippen LogP contribution < -0.4 is 5.32 Å². The van der Waals surface area contributed by atoms with Crippen LogP contribution in [0.25, 0.3) is 0 Å². The summed E-state index contributed by atoms with van der Waals surface area (Å²) >= 11 is 2.66. The normalized spacial score (nSPS) is 10.1. The first-order chi connectivity index (χ1) is 12.5. The summed E-state index contributed by atoms with van der Waals surface area (Å²) in [4.78, 5) is 26.1. The van der Waals surface area contributed by atoms with E-state index in [2.05, 4.69) is 5.32 Å². The minimum absolute atomic E-state index is 0.255. The third kappa shape index (κ3) is 7.17. The third-order valence-electron chi connectivity index (χ3n) is 3.06. The molecule has 0 aliphatic carbocycles. The predicted molar refractivity (Wildman–Crippen MR) is 108 cm³/mol. The lowest BCUT2D eigenvalue weighted by atomic mass is 10.2. The van der Waals surface area contributed by atoms with Crippen LogP contribution >= 0.6 is 23.9 Å². The molecule has 0 saturated heterocycles. The summed E-state index contributed by atoms with van der Waals surface area (Å²) in [6.45, 7) is 4.29. The highest BCUT2D eigenvalue weighted by Gasteiger charge is 2.32. The molecule has 7 nitrogen and oxygen atoms in total. The van der Waals surface area contributed by atoms with Crippen LogP contribution in [-0.2, 0) is 11.3 Å². The summed E-state index contributed by atoms with van der Waals surface area (Å²) < 4.78 is 6.30. The van der Waals surface area contributed by atoms with Gasteiger partial charge in [-0.1, -0.05) is 44.2 Å². The largest absolute Gasteiger partial charge is 0.468 e. The van der Waals surface area contributed by atoms with E-state index in [0.29, 0.717) is 4.90 Å². The fraction of sp³-hybridized carbons (Fsp3) is 0.471. The molecule has 1 aromatic rings. The van der Waals surface area contributed by atoms with Crippen molar-refractivity contribution in [3.8, 4) is 0 Å². The molecule has 1 rings (SSSR count). The van der Waals surface area contributed by atoms with Crippen molar-refractivity contribution in [3.63, 3.8) is 0 Å². The van der Waals surface area contributed by atoms with Crippen molar-refractivity contribution < 1.29 is 14.3 Å². The molecule has 0 saturated carbocycles. The molecule has 0 atom stereocenters. The second-order valence-corrected chi connectivity index (χ2v) is 7.49. The van der Waals surface area contributed by atoms with Crippen molar-refractivity contribution in [3.05, 3.63) is 35.9 Å². The minimum atomic E-state index is -0.690. The van der Waals surface area contributed by atoms with Crippen LogP contribution in [0.15, 0.2) is 30.3 Å². The van der Waals surface area contributed by atoms with Gasteiger partial charge in [0, 0.05) is 18.1 Å². The standard InChI is InChI=1S/C17H26N4O3S2/c1-4-11-25-21(26-12-5-2)17(23)20(15(18)24-3)16(22)19-13-14-9-7-6-8-10-14/h6-10,18H,4-5,11-13H2,1-3H3,(H,19,22). The molecular formula is C17H26N4O3S2. The molecule has 0 bridgehead atoms. The zero-order valence-corrected chi connectivity index (χ0v) is 17.0. The van der Waals surface area contributed by atoms with Gasteiger partial charge in [0.25, 0.3) is 0 Å². The molecule has 4 amide bonds. The number of hydrogen-bond donors (Lipinski definition) is 2. The Balaban J connectivity index is 2.85. The highest BCUT2D eigenvalue weighted by atomic mass is 32.2. The minimum Gasteiger partial charge on any atom is -0.468 e. The summed E-state index contributed by atoms with van der Waals surface area (Å²) in [5.74, 6) is 1.48. The quantitative estimate of drug-likeness (QED) is 0.387. The Morgan fingerprint density at radius 2 is 1.69 bits per heavy atom. The number of carbonyl (C=O) groups is 2. The Kier molecular flexibility index (Phi) is 10.6. The van der Waals surface area contributed by atoms with E-state index in [-0.39, 0.29) is 6.54 Å². The van der Waals surface area contributed by atoms with Gasteiger partial charge in [0.1, 0.15) is 0 Å². The van der Waals surface area contributed by atoms with Gasteiger partial charge in [-0.15, -0.1) is 0 Å². The summed E-state index contributed by atoms with van der Waals surface area (Å²) in [5.41, 5.74) is 0.898. The Labute approximate surface area is 163 Å². The first kappa shape index (κ1) is 22.2. The van der Waals surface area contributed by atoms with E-state index in [1.165, 1.54) is 34.7 Å². The van der Waals surface area contributed by atoms with E-state index in [0.717, 1.165) is 29.9 Å². The SMILES string of the molecule is CCCSN(SCCC)C(=O)N(C(=N)OC)C(=O)NCc1ccccc1. The Morgan fingerprint density at radius 1 is 1.12 bits per heavy atom. The zero-order valence-electron chi connectivity index (χ0n) is 15.4. The van der Waals surface area contributed by atoms with Crippen LogP contribution in [0.1, 0.15) is 32.3 Å². The van der Waals surface area contributed by atoms with Crippen molar-refractivity contribution in [1.29, 1.82) is 5.41 Å². The molecule has 9 heteroatoms. The number of carbonyl (C=O) groups excluding carboxylic acids is 2. The van der Waals surface area contributed by atoms with Crippen molar-refractivity contribution in [2.24, 2.45) is 0 Å². The molecule has 2 N–H and O–H groups in total. The predicted octanol–water partition coefficient (Wildman–Crippen LogP) is 4.32. The molecule has 0 unspecified atom stereocenters. The van der Waals surface area contributed by atoms with E-state index in [1.807, 2.05) is 44.2 Å². The van der Waals surface area contributed by atoms with Gasteiger partial charge < -0.3 is 10.1 Å². The van der Waals surface area contributed by atoms with Crippen molar-refractivity contribution in [1.82, 2.24) is 13.9 Å². The smallest absolute Gasteiger partial charge is 0.356 e. The second-order valence-electron chi connectivity index (χ2n) is 5.20. The van der Waals surface area contributed by atoms with Gasteiger partial charge >= 0.3 is 18.1 Å². The molecule has 0 aliphatic rings. The highest BCUT2D eigenvalue weighted by molar-refractivity contribution is 8.12. The molecule has 144 valence electrons. The molecule has 0 heterocycles. The van der Waals surface area contributed by atoms with Crippen LogP contribution in [0.4, 0.5) is 9.59 Å². The Bertz CT molecular complexity index is 579. The fourth-order valence-electron chi connectivity index (χ4n) is 1.79. The Morgan fingerprint density at radius 3 is 2.19 bits per heavy atom. The average molecular weight is 399 g/mol. The van der Waals surface area contributed by atoms with E-state index >= 15 is 0 Å². The Hall–Kier alpha value is -1.87. The van der Waals surface area contributed by atoms with Gasteiger partial charge in [0.15, 0.2) is 0 Å². The summed E-state index contributed by atoms with van der Waals surface area (Å²) in [6, 6.07) is 7.56. The zero-order chi connectivity index (χ0) is 19.4. The number of amides is 4. The van der Waals surface area contributed by atoms with Crippen molar-refractivity contribution in [2.45, 2.75) is 33.2 Å². The van der Waals surface area contributed by atoms with E-state index in [9.17, 15) is 9.59 Å². The second kappa shape index (κ2) is 12.5. The fourth-order valence-corrected chi connectivity index (χ4v) is 3.61. The number of urea groups is 2. The van der Waals surface area contributed by atoms with Gasteiger partial charge in [-0.2, -0.15) is 4.90 Å². The first-order valence-electron chi connectivity index (χ1n) is 8.39. The van der Waals surface area contributed by atoms with Gasteiger partial charge in [-0.05, 0) is 42.3 Å². The summed E-state index contributed by atoms with van der Waals surface area (Å²) in [6.07, 6.45) is 1.78. The number of rotatable bonds is 8. The topological polar surface area (TPSA) is 85.7 Å². The molecule has 0 aromatic heterocycles. The number of hydrogen-bond acceptors (Lipinski definition) is 6. The van der Waals surface area contributed by atoms with E-state index < -0.39 is 18.1 Å². The van der Waals surface area contributed by atoms with Gasteiger partial charge in [0.2, 0.25) is 0 Å². The van der Waals surface area contributed by atoms with Crippen molar-refractivity contribution >= 4 is 42.0 Å². The lowest BCUT2D eigenvalue weighted by Gasteiger charge is -2.26. The number of nitrogens with one attached hydrogen (secondary N) is 2. The van der Waals surface area contributed by atoms with Crippen LogP contribution in [-0.4, -0.2) is 45.3 Å². The molecule has 1 aromatic carbocycles. The van der Waals surface area contributed by atoms with Crippen molar-refractivity contribution in [2.75, 3.05) is 18.6 Å². The van der Waals surface area contributed by atoms with Gasteiger partial charge in [0.05, 0.1) is 7.11 Å². The summed E-state index contributed by atoms with van der Waals surface area (Å²) in [5, 5.41) is 10.5. The molecule has 0 aliphatic heterocycles. The molecule has 0 fully saturated rings. The number of benzene rings is 1. The number of nitrogens with zero attached hydrogens (tertiary/aromatic N) is 2. The van der Waals surface area contributed by atoms with Gasteiger partial charge in [-0.25, -0.2) is 13.3 Å². The van der Waals surface area contributed by atoms with Gasteiger partial charge in [-0.3, -0.25) is 5.41 Å². The molecule has 0 spiro atoms. The first-order valence-corrected chi connectivity index (χ1v) is 10.3. The van der Waals surface area contributed by atoms with E-state index in [4.69, 9.17) is 10.1 Å². The van der Waals surface area contributed by atoms with Crippen LogP contribution in [0.3, 0.4) is 0 Å². The average Bonchev–Trinajstić information content (AvgIpc) is 2.67. The lowest BCUT2D eigenvalue weighted by Crippen LogP contribution is -2.50. The number of amidine groups is 1. The maximum atomic E-state index is 12.8. The molecule has 0 radical (unpaired) electrons. The molecule has 26 heavy (non-hydrogen) atoms. The third-order valence-corrected chi connectivity index (χ3v) is 5.65. The number of imide groups is 1. The monoisotopic (exact) mass is 398 g/mol.